The summed E-state index contributed by atoms with van der Waals surface area (Å²) in [5.41, 5.74) is 1.38. The molecule has 0 spiro atoms. The lowest BCUT2D eigenvalue weighted by Gasteiger charge is -2.28. The first kappa shape index (κ1) is 23.7. The van der Waals surface area contributed by atoms with E-state index in [-0.39, 0.29) is 24.2 Å². The molecule has 31 heavy (non-hydrogen) atoms. The molecule has 6 nitrogen and oxygen atoms in total. The van der Waals surface area contributed by atoms with Crippen molar-refractivity contribution < 1.29 is 9.59 Å². The number of anilines is 2. The van der Waals surface area contributed by atoms with Crippen LogP contribution in [0.25, 0.3) is 0 Å². The number of carbonyl (C=O) groups excluding carboxylic acids is 2. The molecule has 0 unspecified atom stereocenters. The van der Waals surface area contributed by atoms with E-state index in [0.29, 0.717) is 28.1 Å². The third-order valence-electron chi connectivity index (χ3n) is 5.45. The molecule has 1 aromatic heterocycles. The van der Waals surface area contributed by atoms with Crippen LogP contribution in [0.4, 0.5) is 10.8 Å². The molecule has 1 N–H and O–H groups in total. The first-order valence-electron chi connectivity index (χ1n) is 10.9. The van der Waals surface area contributed by atoms with Gasteiger partial charge in [-0.3, -0.25) is 14.5 Å². The van der Waals surface area contributed by atoms with E-state index in [4.69, 9.17) is 11.6 Å². The Bertz CT molecular complexity index is 863. The predicted octanol–water partition coefficient (Wildman–Crippen LogP) is 4.84. The van der Waals surface area contributed by atoms with Gasteiger partial charge < -0.3 is 10.2 Å². The number of benzene rings is 1. The van der Waals surface area contributed by atoms with Gasteiger partial charge in [0.05, 0.1) is 12.1 Å². The zero-order chi connectivity index (χ0) is 22.2. The van der Waals surface area contributed by atoms with Crippen LogP contribution in [0.1, 0.15) is 44.2 Å². The van der Waals surface area contributed by atoms with Gasteiger partial charge in [-0.05, 0) is 64.2 Å². The highest BCUT2D eigenvalue weighted by Crippen LogP contribution is 2.29. The highest BCUT2D eigenvalue weighted by Gasteiger charge is 2.28. The van der Waals surface area contributed by atoms with Crippen LogP contribution in [0.2, 0.25) is 5.02 Å². The van der Waals surface area contributed by atoms with Gasteiger partial charge in [-0.25, -0.2) is 4.98 Å². The van der Waals surface area contributed by atoms with Gasteiger partial charge in [0.25, 0.3) is 0 Å². The number of halogens is 1. The Kier molecular flexibility index (Phi) is 8.87. The van der Waals surface area contributed by atoms with Crippen LogP contribution >= 0.6 is 22.9 Å². The second-order valence-corrected chi connectivity index (χ2v) is 9.61. The fourth-order valence-electron chi connectivity index (χ4n) is 3.82. The molecule has 1 aromatic carbocycles. The van der Waals surface area contributed by atoms with E-state index in [1.54, 1.807) is 24.3 Å². The number of nitrogens with one attached hydrogen (secondary N) is 1. The maximum Gasteiger partial charge on any atom is 0.231 e. The van der Waals surface area contributed by atoms with E-state index in [1.165, 1.54) is 17.8 Å². The maximum absolute atomic E-state index is 13.3. The summed E-state index contributed by atoms with van der Waals surface area (Å²) in [7, 11) is 4.07. The minimum atomic E-state index is -0.142. The van der Waals surface area contributed by atoms with E-state index in [9.17, 15) is 9.59 Å². The molecule has 0 saturated heterocycles. The first-order valence-corrected chi connectivity index (χ1v) is 12.1. The largest absolute Gasteiger partial charge is 0.326 e. The summed E-state index contributed by atoms with van der Waals surface area (Å²) < 4.78 is 0. The SMILES string of the molecule is CN(C)CCCN(C(=O)C1CCCCC1)c1nc(CC(=O)Nc2ccc(Cl)cc2)cs1. The van der Waals surface area contributed by atoms with Crippen LogP contribution in [0.3, 0.4) is 0 Å². The Labute approximate surface area is 193 Å². The third-order valence-corrected chi connectivity index (χ3v) is 6.61. The van der Waals surface area contributed by atoms with Gasteiger partial charge in [0.1, 0.15) is 0 Å². The summed E-state index contributed by atoms with van der Waals surface area (Å²) in [4.78, 5) is 34.3. The molecule has 8 heteroatoms. The minimum absolute atomic E-state index is 0.0914. The maximum atomic E-state index is 13.3. The van der Waals surface area contributed by atoms with Crippen molar-refractivity contribution in [1.82, 2.24) is 9.88 Å². The van der Waals surface area contributed by atoms with Gasteiger partial charge >= 0.3 is 0 Å². The summed E-state index contributed by atoms with van der Waals surface area (Å²) in [6.45, 7) is 1.56. The molecule has 1 fully saturated rings. The lowest BCUT2D eigenvalue weighted by Crippen LogP contribution is -2.38. The summed E-state index contributed by atoms with van der Waals surface area (Å²) in [5, 5.41) is 6.06. The van der Waals surface area contributed by atoms with Gasteiger partial charge in [-0.1, -0.05) is 30.9 Å². The number of aromatic nitrogens is 1. The number of carbonyl (C=O) groups is 2. The van der Waals surface area contributed by atoms with Crippen molar-refractivity contribution in [2.45, 2.75) is 44.9 Å². The molecular weight excluding hydrogens is 432 g/mol. The molecule has 3 rings (SSSR count). The number of amides is 2. The number of rotatable bonds is 9. The lowest BCUT2D eigenvalue weighted by molar-refractivity contribution is -0.123. The van der Waals surface area contributed by atoms with Crippen LogP contribution < -0.4 is 10.2 Å². The van der Waals surface area contributed by atoms with Crippen LogP contribution in [0, 0.1) is 5.92 Å². The second-order valence-electron chi connectivity index (χ2n) is 8.33. The van der Waals surface area contributed by atoms with Gasteiger partial charge in [0.15, 0.2) is 5.13 Å². The predicted molar refractivity (Wildman–Crippen MR) is 128 cm³/mol. The van der Waals surface area contributed by atoms with Gasteiger partial charge in [0.2, 0.25) is 11.8 Å². The molecule has 1 aliphatic rings. The Morgan fingerprint density at radius 2 is 1.84 bits per heavy atom. The Hall–Kier alpha value is -1.96. The van der Waals surface area contributed by atoms with Gasteiger partial charge in [-0.15, -0.1) is 11.3 Å². The first-order chi connectivity index (χ1) is 14.9. The molecule has 1 heterocycles. The smallest absolute Gasteiger partial charge is 0.231 e. The highest BCUT2D eigenvalue weighted by molar-refractivity contribution is 7.14. The van der Waals surface area contributed by atoms with Crippen LogP contribution in [0.5, 0.6) is 0 Å². The van der Waals surface area contributed by atoms with Gasteiger partial charge in [-0.2, -0.15) is 0 Å². The normalized spacial score (nSPS) is 14.6. The summed E-state index contributed by atoms with van der Waals surface area (Å²) in [6.07, 6.45) is 6.44. The molecule has 2 amide bonds. The Balaban J connectivity index is 1.65. The fourth-order valence-corrected chi connectivity index (χ4v) is 4.80. The van der Waals surface area contributed by atoms with Crippen molar-refractivity contribution in [2.24, 2.45) is 5.92 Å². The van der Waals surface area contributed by atoms with E-state index in [2.05, 4.69) is 15.2 Å². The van der Waals surface area contributed by atoms with Crippen molar-refractivity contribution in [3.8, 4) is 0 Å². The standard InChI is InChI=1S/C23H31ClN4O2S/c1-27(2)13-6-14-28(22(30)17-7-4-3-5-8-17)23-26-20(16-31-23)15-21(29)25-19-11-9-18(24)10-12-19/h9-12,16-17H,3-8,13-15H2,1-2H3,(H,25,29). The number of hydrogen-bond acceptors (Lipinski definition) is 5. The Morgan fingerprint density at radius 1 is 1.13 bits per heavy atom. The van der Waals surface area contributed by atoms with Gasteiger partial charge in [0, 0.05) is 28.6 Å². The number of thiazole rings is 1. The minimum Gasteiger partial charge on any atom is -0.326 e. The fraction of sp³-hybridized carbons (Fsp3) is 0.522. The van der Waals surface area contributed by atoms with Crippen molar-refractivity contribution in [3.05, 3.63) is 40.4 Å². The highest BCUT2D eigenvalue weighted by atomic mass is 35.5. The average molecular weight is 463 g/mol. The Morgan fingerprint density at radius 3 is 2.52 bits per heavy atom. The molecule has 168 valence electrons. The molecular formula is C23H31ClN4O2S. The van der Waals surface area contributed by atoms with Crippen LogP contribution in [0.15, 0.2) is 29.6 Å². The number of hydrogen-bond donors (Lipinski definition) is 1. The van der Waals surface area contributed by atoms with E-state index >= 15 is 0 Å². The quantitative estimate of drug-likeness (QED) is 0.578. The van der Waals surface area contributed by atoms with E-state index < -0.39 is 0 Å². The van der Waals surface area contributed by atoms with Crippen LogP contribution in [-0.4, -0.2) is 48.9 Å². The number of nitrogens with zero attached hydrogens (tertiary/aromatic N) is 3. The zero-order valence-electron chi connectivity index (χ0n) is 18.3. The molecule has 0 aliphatic heterocycles. The summed E-state index contributed by atoms with van der Waals surface area (Å²) >= 11 is 7.33. The lowest BCUT2D eigenvalue weighted by atomic mass is 9.88. The van der Waals surface area contributed by atoms with E-state index in [0.717, 1.165) is 38.6 Å². The summed E-state index contributed by atoms with van der Waals surface area (Å²) in [5.74, 6) is 0.135. The van der Waals surface area contributed by atoms with Crippen molar-refractivity contribution in [2.75, 3.05) is 37.4 Å². The van der Waals surface area contributed by atoms with Crippen molar-refractivity contribution in [1.29, 1.82) is 0 Å². The summed E-state index contributed by atoms with van der Waals surface area (Å²) in [6, 6.07) is 7.01. The topological polar surface area (TPSA) is 65.5 Å². The monoisotopic (exact) mass is 462 g/mol. The van der Waals surface area contributed by atoms with Crippen LogP contribution in [-0.2, 0) is 16.0 Å². The molecule has 0 atom stereocenters. The second kappa shape index (κ2) is 11.6. The third kappa shape index (κ3) is 7.30. The average Bonchev–Trinajstić information content (AvgIpc) is 3.20. The molecule has 2 aromatic rings. The molecule has 1 aliphatic carbocycles. The molecule has 0 bridgehead atoms. The van der Waals surface area contributed by atoms with Crippen molar-refractivity contribution >= 4 is 45.6 Å². The molecule has 0 radical (unpaired) electrons. The molecule has 1 saturated carbocycles. The zero-order valence-corrected chi connectivity index (χ0v) is 19.8. The van der Waals surface area contributed by atoms with Crippen molar-refractivity contribution in [3.63, 3.8) is 0 Å². The van der Waals surface area contributed by atoms with E-state index in [1.807, 2.05) is 24.4 Å².